The van der Waals surface area contributed by atoms with E-state index in [9.17, 15) is 4.79 Å². The molecule has 2 atom stereocenters. The third-order valence-electron chi connectivity index (χ3n) is 3.56. The van der Waals surface area contributed by atoms with Gasteiger partial charge < -0.3 is 5.32 Å². The Bertz CT molecular complexity index is 413. The summed E-state index contributed by atoms with van der Waals surface area (Å²) in [4.78, 5) is 16.1. The molecule has 1 heterocycles. The van der Waals surface area contributed by atoms with Gasteiger partial charge in [0.15, 0.2) is 5.15 Å². The van der Waals surface area contributed by atoms with E-state index in [-0.39, 0.29) is 11.8 Å². The van der Waals surface area contributed by atoms with E-state index in [1.165, 1.54) is 0 Å². The summed E-state index contributed by atoms with van der Waals surface area (Å²) in [5, 5.41) is 3.28. The van der Waals surface area contributed by atoms with Gasteiger partial charge in [-0.1, -0.05) is 24.9 Å². The third kappa shape index (κ3) is 2.60. The molecule has 2 rings (SSSR count). The Balaban J connectivity index is 2.13. The molecule has 1 N–H and O–H groups in total. The fraction of sp³-hybridized carbons (Fsp3) is 0.538. The quantitative estimate of drug-likeness (QED) is 0.820. The van der Waals surface area contributed by atoms with Gasteiger partial charge in [-0.25, -0.2) is 4.98 Å². The van der Waals surface area contributed by atoms with Gasteiger partial charge in [-0.2, -0.15) is 0 Å². The topological polar surface area (TPSA) is 42.0 Å². The van der Waals surface area contributed by atoms with Gasteiger partial charge in [0.2, 0.25) is 5.91 Å². The summed E-state index contributed by atoms with van der Waals surface area (Å²) >= 11 is 5.99. The third-order valence-corrected chi connectivity index (χ3v) is 3.85. The Morgan fingerprint density at radius 1 is 1.53 bits per heavy atom. The fourth-order valence-electron chi connectivity index (χ4n) is 2.43. The molecule has 1 aromatic heterocycles. The van der Waals surface area contributed by atoms with Crippen LogP contribution in [0.15, 0.2) is 12.3 Å². The summed E-state index contributed by atoms with van der Waals surface area (Å²) in [5.41, 5.74) is 1.60. The average Bonchev–Trinajstić information content (AvgIpc) is 2.70. The maximum absolute atomic E-state index is 12.1. The summed E-state index contributed by atoms with van der Waals surface area (Å²) in [6, 6.07) is 1.85. The van der Waals surface area contributed by atoms with E-state index in [2.05, 4.69) is 17.2 Å². The molecular weight excluding hydrogens is 236 g/mol. The molecule has 4 heteroatoms. The highest BCUT2D eigenvalue weighted by Crippen LogP contribution is 2.33. The number of halogens is 1. The second kappa shape index (κ2) is 5.05. The highest BCUT2D eigenvalue weighted by atomic mass is 35.5. The Kier molecular flexibility index (Phi) is 3.67. The van der Waals surface area contributed by atoms with Crippen LogP contribution in [0.5, 0.6) is 0 Å². The van der Waals surface area contributed by atoms with Crippen LogP contribution in [0.3, 0.4) is 0 Å². The molecule has 1 aliphatic rings. The molecule has 0 radical (unpaired) electrons. The zero-order chi connectivity index (χ0) is 12.4. The molecule has 0 saturated heterocycles. The normalized spacial score (nSPS) is 23.7. The van der Waals surface area contributed by atoms with Gasteiger partial charge in [0.25, 0.3) is 0 Å². The van der Waals surface area contributed by atoms with Gasteiger partial charge in [0.05, 0.1) is 5.69 Å². The van der Waals surface area contributed by atoms with Crippen molar-refractivity contribution in [2.75, 3.05) is 5.32 Å². The summed E-state index contributed by atoms with van der Waals surface area (Å²) < 4.78 is 0. The van der Waals surface area contributed by atoms with Crippen molar-refractivity contribution >= 4 is 23.2 Å². The monoisotopic (exact) mass is 252 g/mol. The molecule has 1 amide bonds. The molecule has 1 aliphatic carbocycles. The first-order chi connectivity index (χ1) is 8.09. The van der Waals surface area contributed by atoms with E-state index in [0.717, 1.165) is 24.8 Å². The maximum atomic E-state index is 12.1. The predicted molar refractivity (Wildman–Crippen MR) is 69.1 cm³/mol. The lowest BCUT2D eigenvalue weighted by molar-refractivity contribution is -0.120. The molecule has 17 heavy (non-hydrogen) atoms. The van der Waals surface area contributed by atoms with Gasteiger partial charge in [-0.15, -0.1) is 0 Å². The Morgan fingerprint density at radius 2 is 2.29 bits per heavy atom. The van der Waals surface area contributed by atoms with Crippen molar-refractivity contribution in [3.8, 4) is 0 Å². The van der Waals surface area contributed by atoms with Crippen molar-refractivity contribution in [1.29, 1.82) is 0 Å². The van der Waals surface area contributed by atoms with Gasteiger partial charge in [0.1, 0.15) is 0 Å². The van der Waals surface area contributed by atoms with Crippen LogP contribution in [0, 0.1) is 18.8 Å². The number of amides is 1. The van der Waals surface area contributed by atoms with Crippen LogP contribution in [-0.2, 0) is 4.79 Å². The predicted octanol–water partition coefficient (Wildman–Crippen LogP) is 3.42. The van der Waals surface area contributed by atoms with Gasteiger partial charge in [-0.3, -0.25) is 4.79 Å². The number of carbonyl (C=O) groups is 1. The summed E-state index contributed by atoms with van der Waals surface area (Å²) in [6.07, 6.45) is 4.90. The Hall–Kier alpha value is -1.09. The lowest BCUT2D eigenvalue weighted by Crippen LogP contribution is -2.25. The lowest BCUT2D eigenvalue weighted by atomic mass is 9.97. The fourth-order valence-corrected chi connectivity index (χ4v) is 2.68. The minimum Gasteiger partial charge on any atom is -0.323 e. The highest BCUT2D eigenvalue weighted by molar-refractivity contribution is 6.32. The highest BCUT2D eigenvalue weighted by Gasteiger charge is 2.30. The van der Waals surface area contributed by atoms with Crippen LogP contribution in [0.4, 0.5) is 5.69 Å². The second-order valence-electron chi connectivity index (χ2n) is 4.80. The molecule has 0 bridgehead atoms. The van der Waals surface area contributed by atoms with E-state index in [1.54, 1.807) is 6.20 Å². The van der Waals surface area contributed by atoms with Crippen molar-refractivity contribution in [3.63, 3.8) is 0 Å². The summed E-state index contributed by atoms with van der Waals surface area (Å²) in [7, 11) is 0. The molecule has 0 spiro atoms. The number of anilines is 1. The van der Waals surface area contributed by atoms with Crippen LogP contribution < -0.4 is 5.32 Å². The number of nitrogens with one attached hydrogen (secondary N) is 1. The molecule has 1 fully saturated rings. The van der Waals surface area contributed by atoms with Crippen LogP contribution in [0.25, 0.3) is 0 Å². The first-order valence-electron chi connectivity index (χ1n) is 6.01. The first kappa shape index (κ1) is 12.4. The number of nitrogens with zero attached hydrogens (tertiary/aromatic N) is 1. The smallest absolute Gasteiger partial charge is 0.227 e. The zero-order valence-corrected chi connectivity index (χ0v) is 10.9. The van der Waals surface area contributed by atoms with Crippen LogP contribution in [0.2, 0.25) is 5.15 Å². The summed E-state index contributed by atoms with van der Waals surface area (Å²) in [5.74, 6) is 0.657. The number of rotatable bonds is 2. The average molecular weight is 253 g/mol. The molecule has 92 valence electrons. The van der Waals surface area contributed by atoms with Crippen LogP contribution >= 0.6 is 11.6 Å². The molecule has 3 nitrogen and oxygen atoms in total. The number of hydrogen-bond donors (Lipinski definition) is 1. The number of carbonyl (C=O) groups excluding carboxylic acids is 1. The second-order valence-corrected chi connectivity index (χ2v) is 5.16. The molecular formula is C13H17ClN2O. The number of aromatic nitrogens is 1. The van der Waals surface area contributed by atoms with Crippen molar-refractivity contribution in [2.24, 2.45) is 11.8 Å². The van der Waals surface area contributed by atoms with Gasteiger partial charge in [0, 0.05) is 12.1 Å². The van der Waals surface area contributed by atoms with Crippen LogP contribution in [-0.4, -0.2) is 10.9 Å². The van der Waals surface area contributed by atoms with E-state index in [4.69, 9.17) is 11.6 Å². The van der Waals surface area contributed by atoms with Crippen molar-refractivity contribution in [3.05, 3.63) is 23.0 Å². The van der Waals surface area contributed by atoms with Crippen molar-refractivity contribution < 1.29 is 4.79 Å². The zero-order valence-electron chi connectivity index (χ0n) is 10.2. The minimum atomic E-state index is 0.0769. The lowest BCUT2D eigenvalue weighted by Gasteiger charge is -2.16. The van der Waals surface area contributed by atoms with E-state index in [1.807, 2.05) is 13.0 Å². The standard InChI is InChI=1S/C13H17ClN2O/c1-8-4-3-5-10(8)13(17)16-11-9(2)6-7-15-12(11)14/h6-8,10H,3-5H2,1-2H3,(H,16,17). The van der Waals surface area contributed by atoms with Crippen LogP contribution in [0.1, 0.15) is 31.7 Å². The molecule has 1 saturated carbocycles. The van der Waals surface area contributed by atoms with Crippen molar-refractivity contribution in [2.45, 2.75) is 33.1 Å². The largest absolute Gasteiger partial charge is 0.323 e. The van der Waals surface area contributed by atoms with Crippen molar-refractivity contribution in [1.82, 2.24) is 4.98 Å². The number of hydrogen-bond acceptors (Lipinski definition) is 2. The van der Waals surface area contributed by atoms with E-state index in [0.29, 0.717) is 16.8 Å². The number of aryl methyl sites for hydroxylation is 1. The van der Waals surface area contributed by atoms with E-state index < -0.39 is 0 Å². The maximum Gasteiger partial charge on any atom is 0.227 e. The SMILES string of the molecule is Cc1ccnc(Cl)c1NC(=O)C1CCCC1C. The minimum absolute atomic E-state index is 0.0769. The first-order valence-corrected chi connectivity index (χ1v) is 6.39. The summed E-state index contributed by atoms with van der Waals surface area (Å²) in [6.45, 7) is 4.05. The molecule has 2 unspecified atom stereocenters. The number of pyridine rings is 1. The Morgan fingerprint density at radius 3 is 2.88 bits per heavy atom. The molecule has 0 aromatic carbocycles. The van der Waals surface area contributed by atoms with Gasteiger partial charge in [-0.05, 0) is 37.3 Å². The van der Waals surface area contributed by atoms with E-state index >= 15 is 0 Å². The molecule has 0 aliphatic heterocycles. The molecule has 1 aromatic rings. The Labute approximate surface area is 107 Å². The van der Waals surface area contributed by atoms with Gasteiger partial charge >= 0.3 is 0 Å².